The molecule has 0 aliphatic carbocycles. The van der Waals surface area contributed by atoms with Gasteiger partial charge in [0.05, 0.1) is 21.7 Å². The number of fused-ring (bicyclic) bond motifs is 1. The third-order valence-corrected chi connectivity index (χ3v) is 5.58. The van der Waals surface area contributed by atoms with Gasteiger partial charge in [-0.05, 0) is 30.3 Å². The molecule has 1 aliphatic heterocycles. The molecule has 2 heterocycles. The molecule has 0 atom stereocenters. The number of pyridine rings is 1. The van der Waals surface area contributed by atoms with Crippen molar-refractivity contribution in [2.45, 2.75) is 9.79 Å². The third kappa shape index (κ3) is 3.42. The first kappa shape index (κ1) is 19.7. The summed E-state index contributed by atoms with van der Waals surface area (Å²) in [5.74, 6) is -1.73. The van der Waals surface area contributed by atoms with Crippen molar-refractivity contribution in [3.05, 3.63) is 85.1 Å². The molecule has 0 spiro atoms. The number of nitrogens with two attached hydrogens (primary N) is 1. The van der Waals surface area contributed by atoms with Crippen LogP contribution >= 0.6 is 23.4 Å². The molecule has 11 heteroatoms. The van der Waals surface area contributed by atoms with E-state index >= 15 is 0 Å². The van der Waals surface area contributed by atoms with Crippen LogP contribution in [0.1, 0.15) is 20.7 Å². The Morgan fingerprint density at radius 1 is 1.00 bits per heavy atom. The molecule has 3 N–H and O–H groups in total. The van der Waals surface area contributed by atoms with Crippen LogP contribution in [0.25, 0.3) is 5.69 Å². The van der Waals surface area contributed by atoms with Crippen LogP contribution in [0.15, 0.2) is 63.1 Å². The van der Waals surface area contributed by atoms with Gasteiger partial charge >= 0.3 is 0 Å². The second-order valence-electron chi connectivity index (χ2n) is 6.27. The number of nitrogens with one attached hydrogen (secondary N) is 1. The van der Waals surface area contributed by atoms with E-state index in [0.29, 0.717) is 9.92 Å². The number of imide groups is 1. The number of non-ortho nitro benzene ring substituents is 1. The van der Waals surface area contributed by atoms with Crippen molar-refractivity contribution in [1.82, 2.24) is 9.88 Å². The highest BCUT2D eigenvalue weighted by Gasteiger charge is 2.32. The zero-order chi connectivity index (χ0) is 21.6. The minimum Gasteiger partial charge on any atom is -0.384 e. The van der Waals surface area contributed by atoms with Gasteiger partial charge in [0.2, 0.25) is 0 Å². The standard InChI is InChI=1S/C19H11ClN4O5S/c20-9-1-3-12(4-2-9)30-13-6-10(5-11(7-13)24(28)29)23-15(25)8-14-16(17(23)21)19(27)22-18(14)26/h1-8H,21H2,(H,22,26,27). The fourth-order valence-electron chi connectivity index (χ4n) is 3.05. The van der Waals surface area contributed by atoms with Crippen molar-refractivity contribution in [3.63, 3.8) is 0 Å². The fourth-order valence-corrected chi connectivity index (χ4v) is 4.08. The van der Waals surface area contributed by atoms with E-state index in [9.17, 15) is 24.5 Å². The Kier molecular flexibility index (Phi) is 4.80. The molecule has 0 radical (unpaired) electrons. The van der Waals surface area contributed by atoms with Crippen molar-refractivity contribution in [3.8, 4) is 5.69 Å². The monoisotopic (exact) mass is 442 g/mol. The Bertz CT molecular complexity index is 1300. The molecular weight excluding hydrogens is 432 g/mol. The highest BCUT2D eigenvalue weighted by molar-refractivity contribution is 7.99. The average Bonchev–Trinajstić information content (AvgIpc) is 2.97. The first-order valence-electron chi connectivity index (χ1n) is 8.39. The second kappa shape index (κ2) is 7.32. The van der Waals surface area contributed by atoms with Gasteiger partial charge in [0.1, 0.15) is 5.82 Å². The van der Waals surface area contributed by atoms with E-state index in [1.165, 1.54) is 30.0 Å². The van der Waals surface area contributed by atoms with Crippen LogP contribution in [-0.2, 0) is 0 Å². The summed E-state index contributed by atoms with van der Waals surface area (Å²) in [6.45, 7) is 0. The predicted molar refractivity (Wildman–Crippen MR) is 110 cm³/mol. The quantitative estimate of drug-likeness (QED) is 0.360. The van der Waals surface area contributed by atoms with Crippen LogP contribution in [-0.4, -0.2) is 21.3 Å². The average molecular weight is 443 g/mol. The largest absolute Gasteiger partial charge is 0.384 e. The number of benzene rings is 2. The van der Waals surface area contributed by atoms with Gasteiger partial charge in [0.25, 0.3) is 23.1 Å². The number of aromatic nitrogens is 1. The first-order chi connectivity index (χ1) is 14.2. The Labute approximate surface area is 177 Å². The number of halogens is 1. The van der Waals surface area contributed by atoms with Crippen molar-refractivity contribution >= 4 is 46.7 Å². The van der Waals surface area contributed by atoms with Gasteiger partial charge in [0, 0.05) is 33.0 Å². The van der Waals surface area contributed by atoms with Crippen LogP contribution < -0.4 is 16.6 Å². The highest BCUT2D eigenvalue weighted by Crippen LogP contribution is 2.34. The summed E-state index contributed by atoms with van der Waals surface area (Å²) in [6, 6.07) is 11.9. The molecule has 30 heavy (non-hydrogen) atoms. The predicted octanol–water partition coefficient (Wildman–Crippen LogP) is 3.02. The lowest BCUT2D eigenvalue weighted by Gasteiger charge is -2.13. The summed E-state index contributed by atoms with van der Waals surface area (Å²) in [7, 11) is 0. The van der Waals surface area contributed by atoms with Crippen LogP contribution in [0.5, 0.6) is 0 Å². The molecule has 150 valence electrons. The molecule has 0 saturated heterocycles. The number of rotatable bonds is 4. The van der Waals surface area contributed by atoms with Crippen LogP contribution in [0.2, 0.25) is 5.02 Å². The zero-order valence-corrected chi connectivity index (χ0v) is 16.5. The lowest BCUT2D eigenvalue weighted by Crippen LogP contribution is -2.24. The number of hydrogen-bond acceptors (Lipinski definition) is 7. The van der Waals surface area contributed by atoms with E-state index in [1.54, 1.807) is 24.3 Å². The molecule has 3 aromatic rings. The summed E-state index contributed by atoms with van der Waals surface area (Å²) in [6.07, 6.45) is 0. The van der Waals surface area contributed by atoms with E-state index in [0.717, 1.165) is 15.5 Å². The Morgan fingerprint density at radius 3 is 2.37 bits per heavy atom. The lowest BCUT2D eigenvalue weighted by molar-refractivity contribution is -0.385. The van der Waals surface area contributed by atoms with Gasteiger partial charge in [-0.1, -0.05) is 23.4 Å². The highest BCUT2D eigenvalue weighted by atomic mass is 35.5. The van der Waals surface area contributed by atoms with E-state index < -0.39 is 22.3 Å². The molecule has 2 amide bonds. The minimum atomic E-state index is -0.734. The Morgan fingerprint density at radius 2 is 1.70 bits per heavy atom. The number of nitro benzene ring substituents is 1. The third-order valence-electron chi connectivity index (χ3n) is 4.35. The summed E-state index contributed by atoms with van der Waals surface area (Å²) in [4.78, 5) is 48.6. The molecular formula is C19H11ClN4O5S. The number of hydrogen-bond donors (Lipinski definition) is 2. The van der Waals surface area contributed by atoms with Crippen molar-refractivity contribution in [1.29, 1.82) is 0 Å². The minimum absolute atomic E-state index is 0.0955. The van der Waals surface area contributed by atoms with Crippen molar-refractivity contribution in [2.24, 2.45) is 0 Å². The second-order valence-corrected chi connectivity index (χ2v) is 7.86. The topological polar surface area (TPSA) is 137 Å². The van der Waals surface area contributed by atoms with E-state index in [4.69, 9.17) is 17.3 Å². The van der Waals surface area contributed by atoms with Gasteiger partial charge < -0.3 is 5.73 Å². The van der Waals surface area contributed by atoms with Crippen molar-refractivity contribution < 1.29 is 14.5 Å². The van der Waals surface area contributed by atoms with Gasteiger partial charge in [-0.3, -0.25) is 34.4 Å². The molecule has 2 aromatic carbocycles. The number of nitrogen functional groups attached to an aromatic ring is 1. The number of amides is 2. The Hall–Kier alpha value is -3.63. The molecule has 4 rings (SSSR count). The van der Waals surface area contributed by atoms with E-state index in [1.807, 2.05) is 0 Å². The zero-order valence-electron chi connectivity index (χ0n) is 14.9. The molecule has 0 bridgehead atoms. The number of nitrogens with zero attached hydrogens (tertiary/aromatic N) is 2. The van der Waals surface area contributed by atoms with Gasteiger partial charge in [0.15, 0.2) is 0 Å². The van der Waals surface area contributed by atoms with Gasteiger partial charge in [-0.15, -0.1) is 0 Å². The summed E-state index contributed by atoms with van der Waals surface area (Å²) in [5.41, 5.74) is 4.89. The van der Waals surface area contributed by atoms with Crippen molar-refractivity contribution in [2.75, 3.05) is 5.73 Å². The summed E-state index contributed by atoms with van der Waals surface area (Å²) >= 11 is 7.11. The number of anilines is 1. The van der Waals surface area contributed by atoms with E-state index in [-0.39, 0.29) is 28.3 Å². The van der Waals surface area contributed by atoms with Crippen LogP contribution in [0.4, 0.5) is 11.5 Å². The molecule has 1 aromatic heterocycles. The molecule has 1 aliphatic rings. The molecule has 0 unspecified atom stereocenters. The molecule has 9 nitrogen and oxygen atoms in total. The smallest absolute Gasteiger partial charge is 0.272 e. The fraction of sp³-hybridized carbons (Fsp3) is 0. The maximum Gasteiger partial charge on any atom is 0.272 e. The van der Waals surface area contributed by atoms with Gasteiger partial charge in [-0.25, -0.2) is 0 Å². The lowest BCUT2D eigenvalue weighted by atomic mass is 10.1. The molecule has 0 fully saturated rings. The normalized spacial score (nSPS) is 12.6. The number of carbonyl (C=O) groups is 2. The summed E-state index contributed by atoms with van der Waals surface area (Å²) in [5, 5.41) is 14.1. The maximum absolute atomic E-state index is 12.6. The first-order valence-corrected chi connectivity index (χ1v) is 9.58. The van der Waals surface area contributed by atoms with Crippen LogP contribution in [0.3, 0.4) is 0 Å². The number of nitro groups is 1. The molecule has 0 saturated carbocycles. The summed E-state index contributed by atoms with van der Waals surface area (Å²) < 4.78 is 0.968. The van der Waals surface area contributed by atoms with Crippen LogP contribution in [0, 0.1) is 10.1 Å². The maximum atomic E-state index is 12.6. The van der Waals surface area contributed by atoms with Gasteiger partial charge in [-0.2, -0.15) is 0 Å². The number of carbonyl (C=O) groups excluding carboxylic acids is 2. The van der Waals surface area contributed by atoms with E-state index in [2.05, 4.69) is 5.32 Å². The Balaban J connectivity index is 1.88. The SMILES string of the molecule is Nc1c2c(cc(=O)n1-c1cc(Sc3ccc(Cl)cc3)cc([N+](=O)[O-])c1)C(=O)NC2=O.